The molecule has 0 N–H and O–H groups in total. The van der Waals surface area contributed by atoms with Gasteiger partial charge in [0.2, 0.25) is 0 Å². The number of nitriles is 1. The minimum atomic E-state index is -2.85. The lowest BCUT2D eigenvalue weighted by atomic mass is 10.1. The molecule has 0 bridgehead atoms. The average molecular weight is 307 g/mol. The molecule has 5 heteroatoms. The third-order valence-corrected chi connectivity index (χ3v) is 6.68. The minimum Gasteiger partial charge on any atom is -0.374 e. The fourth-order valence-electron chi connectivity index (χ4n) is 2.41. The van der Waals surface area contributed by atoms with Crippen molar-refractivity contribution in [2.45, 2.75) is 39.2 Å². The Morgan fingerprint density at radius 2 is 1.52 bits per heavy atom. The molecule has 1 aromatic rings. The van der Waals surface area contributed by atoms with Gasteiger partial charge in [-0.2, -0.15) is 5.26 Å². The van der Waals surface area contributed by atoms with Gasteiger partial charge in [0.15, 0.2) is 0 Å². The molecule has 1 unspecified atom stereocenters. The Bertz CT molecular complexity index is 416. The maximum absolute atomic E-state index is 9.19. The highest BCUT2D eigenvalue weighted by Crippen LogP contribution is 2.32. The topological polar surface area (TPSA) is 51.5 Å². The first-order valence-corrected chi connectivity index (χ1v) is 9.35. The highest BCUT2D eigenvalue weighted by molar-refractivity contribution is 6.62. The largest absolute Gasteiger partial charge is 0.505 e. The van der Waals surface area contributed by atoms with Crippen LogP contribution in [0.1, 0.15) is 32.8 Å². The Kier molecular flexibility index (Phi) is 8.24. The van der Waals surface area contributed by atoms with Gasteiger partial charge in [0.25, 0.3) is 0 Å². The quantitative estimate of drug-likeness (QED) is 0.620. The molecule has 1 aromatic carbocycles. The molecule has 21 heavy (non-hydrogen) atoms. The van der Waals surface area contributed by atoms with Gasteiger partial charge < -0.3 is 13.3 Å². The monoisotopic (exact) mass is 307 g/mol. The third-order valence-electron chi connectivity index (χ3n) is 3.20. The molecule has 0 aliphatic heterocycles. The fraction of sp³-hybridized carbons (Fsp3) is 0.562. The zero-order valence-electron chi connectivity index (χ0n) is 13.2. The summed E-state index contributed by atoms with van der Waals surface area (Å²) in [5.41, 5.74) is 1.14. The lowest BCUT2D eigenvalue weighted by Gasteiger charge is -2.34. The van der Waals surface area contributed by atoms with E-state index in [2.05, 4.69) is 18.2 Å². The number of rotatable bonds is 10. The van der Waals surface area contributed by atoms with E-state index in [0.29, 0.717) is 26.2 Å². The molecule has 0 saturated heterocycles. The van der Waals surface area contributed by atoms with Crippen LogP contribution in [0.15, 0.2) is 30.3 Å². The molecule has 0 radical (unpaired) electrons. The summed E-state index contributed by atoms with van der Waals surface area (Å²) in [5, 5.41) is 9.19. The first-order chi connectivity index (χ1) is 10.2. The summed E-state index contributed by atoms with van der Waals surface area (Å²) >= 11 is 0. The average Bonchev–Trinajstić information content (AvgIpc) is 2.48. The van der Waals surface area contributed by atoms with Crippen molar-refractivity contribution in [2.24, 2.45) is 0 Å². The van der Waals surface area contributed by atoms with Crippen LogP contribution in [0.3, 0.4) is 0 Å². The summed E-state index contributed by atoms with van der Waals surface area (Å²) in [6.45, 7) is 7.40. The Balaban J connectivity index is 3.02. The molecule has 0 saturated carbocycles. The number of nitrogens with zero attached hydrogens (tertiary/aromatic N) is 1. The second-order valence-electron chi connectivity index (χ2n) is 4.65. The molecule has 0 aliphatic rings. The van der Waals surface area contributed by atoms with Crippen LogP contribution in [0, 0.1) is 11.3 Å². The molecule has 0 aliphatic carbocycles. The molecule has 1 rings (SSSR count). The normalized spacial score (nSPS) is 12.9. The molecule has 0 spiro atoms. The van der Waals surface area contributed by atoms with Gasteiger partial charge in [-0.25, -0.2) is 0 Å². The maximum atomic E-state index is 9.19. The van der Waals surface area contributed by atoms with E-state index in [1.165, 1.54) is 5.56 Å². The standard InChI is InChI=1S/C16H25NO3Si/c1-4-18-21(19-5-2,20-6-3)16(12-13-17)14-15-10-8-7-9-11-15/h7-11,16H,4-6,12,14H2,1-3H3. The van der Waals surface area contributed by atoms with Gasteiger partial charge >= 0.3 is 8.80 Å². The first kappa shape index (κ1) is 17.9. The third kappa shape index (κ3) is 5.25. The lowest BCUT2D eigenvalue weighted by Crippen LogP contribution is -2.51. The predicted molar refractivity (Wildman–Crippen MR) is 84.8 cm³/mol. The fourth-order valence-corrected chi connectivity index (χ4v) is 5.40. The van der Waals surface area contributed by atoms with Crippen molar-refractivity contribution in [1.29, 1.82) is 5.26 Å². The SMILES string of the molecule is CCO[Si](OCC)(OCC)C(CC#N)Cc1ccccc1. The van der Waals surface area contributed by atoms with Gasteiger partial charge in [0.1, 0.15) is 0 Å². The van der Waals surface area contributed by atoms with Crippen molar-refractivity contribution in [3.63, 3.8) is 0 Å². The van der Waals surface area contributed by atoms with Crippen molar-refractivity contribution in [2.75, 3.05) is 19.8 Å². The van der Waals surface area contributed by atoms with Crippen LogP contribution in [-0.4, -0.2) is 28.6 Å². The Morgan fingerprint density at radius 3 is 1.95 bits per heavy atom. The Morgan fingerprint density at radius 1 is 1.00 bits per heavy atom. The van der Waals surface area contributed by atoms with Crippen LogP contribution in [0.4, 0.5) is 0 Å². The van der Waals surface area contributed by atoms with Crippen LogP contribution in [0.2, 0.25) is 5.54 Å². The van der Waals surface area contributed by atoms with Crippen molar-refractivity contribution in [3.05, 3.63) is 35.9 Å². The first-order valence-electron chi connectivity index (χ1n) is 7.55. The van der Waals surface area contributed by atoms with Gasteiger partial charge in [0.05, 0.1) is 6.07 Å². The van der Waals surface area contributed by atoms with Crippen molar-refractivity contribution >= 4 is 8.80 Å². The molecule has 116 valence electrons. The van der Waals surface area contributed by atoms with Crippen LogP contribution < -0.4 is 0 Å². The lowest BCUT2D eigenvalue weighted by molar-refractivity contribution is 0.0610. The summed E-state index contributed by atoms with van der Waals surface area (Å²) in [4.78, 5) is 0. The number of benzene rings is 1. The van der Waals surface area contributed by atoms with Crippen LogP contribution in [-0.2, 0) is 19.7 Å². The van der Waals surface area contributed by atoms with E-state index in [4.69, 9.17) is 13.3 Å². The second kappa shape index (κ2) is 9.69. The smallest absolute Gasteiger partial charge is 0.374 e. The molecule has 0 fully saturated rings. The highest BCUT2D eigenvalue weighted by atomic mass is 28.4. The van der Waals surface area contributed by atoms with E-state index < -0.39 is 8.80 Å². The van der Waals surface area contributed by atoms with E-state index in [1.807, 2.05) is 39.0 Å². The number of hydrogen-bond acceptors (Lipinski definition) is 4. The van der Waals surface area contributed by atoms with Gasteiger partial charge in [-0.3, -0.25) is 0 Å². The number of hydrogen-bond donors (Lipinski definition) is 0. The summed E-state index contributed by atoms with van der Waals surface area (Å²) < 4.78 is 17.8. The predicted octanol–water partition coefficient (Wildman–Crippen LogP) is 3.56. The molecule has 0 heterocycles. The van der Waals surface area contributed by atoms with E-state index in [0.717, 1.165) is 6.42 Å². The summed E-state index contributed by atoms with van der Waals surface area (Å²) in [5.74, 6) is 0. The highest BCUT2D eigenvalue weighted by Gasteiger charge is 2.48. The summed E-state index contributed by atoms with van der Waals surface area (Å²) in [6, 6.07) is 12.4. The second-order valence-corrected chi connectivity index (χ2v) is 7.54. The van der Waals surface area contributed by atoms with Crippen LogP contribution in [0.5, 0.6) is 0 Å². The molecule has 0 amide bonds. The molecule has 0 aromatic heterocycles. The molecular weight excluding hydrogens is 282 g/mol. The Labute approximate surface area is 129 Å². The maximum Gasteiger partial charge on any atom is 0.505 e. The van der Waals surface area contributed by atoms with Gasteiger partial charge in [-0.05, 0) is 32.8 Å². The minimum absolute atomic E-state index is 0.0373. The van der Waals surface area contributed by atoms with Crippen molar-refractivity contribution in [3.8, 4) is 6.07 Å². The van der Waals surface area contributed by atoms with Gasteiger partial charge in [-0.15, -0.1) is 0 Å². The van der Waals surface area contributed by atoms with E-state index in [-0.39, 0.29) is 5.54 Å². The van der Waals surface area contributed by atoms with Crippen LogP contribution >= 0.6 is 0 Å². The zero-order valence-corrected chi connectivity index (χ0v) is 14.2. The molecule has 4 nitrogen and oxygen atoms in total. The van der Waals surface area contributed by atoms with Crippen molar-refractivity contribution in [1.82, 2.24) is 0 Å². The molecular formula is C16H25NO3Si. The van der Waals surface area contributed by atoms with Gasteiger partial charge in [0, 0.05) is 31.8 Å². The van der Waals surface area contributed by atoms with Crippen molar-refractivity contribution < 1.29 is 13.3 Å². The zero-order chi connectivity index (χ0) is 15.6. The Hall–Kier alpha value is -1.19. The van der Waals surface area contributed by atoms with E-state index in [9.17, 15) is 5.26 Å². The van der Waals surface area contributed by atoms with E-state index in [1.54, 1.807) is 0 Å². The van der Waals surface area contributed by atoms with E-state index >= 15 is 0 Å². The molecule has 1 atom stereocenters. The van der Waals surface area contributed by atoms with Crippen LogP contribution in [0.25, 0.3) is 0 Å². The summed E-state index contributed by atoms with van der Waals surface area (Å²) in [7, 11) is -2.85. The summed E-state index contributed by atoms with van der Waals surface area (Å²) in [6.07, 6.45) is 1.11. The van der Waals surface area contributed by atoms with Gasteiger partial charge in [-0.1, -0.05) is 30.3 Å².